The second-order valence-electron chi connectivity index (χ2n) is 20.8. The predicted molar refractivity (Wildman–Crippen MR) is 193 cm³/mol. The third-order valence-corrected chi connectivity index (χ3v) is 18.9. The lowest BCUT2D eigenvalue weighted by Gasteiger charge is -2.62. The minimum atomic E-state index is -1.08. The van der Waals surface area contributed by atoms with E-state index >= 15 is 0 Å². The molecule has 1 spiro atoms. The van der Waals surface area contributed by atoms with Crippen LogP contribution < -0.4 is 0 Å². The van der Waals surface area contributed by atoms with Gasteiger partial charge in [0.15, 0.2) is 5.78 Å². The lowest BCUT2D eigenvalue weighted by atomic mass is 9.43. The molecule has 0 aromatic rings. The van der Waals surface area contributed by atoms with Crippen molar-refractivity contribution in [3.8, 4) is 0 Å². The van der Waals surface area contributed by atoms with E-state index in [4.69, 9.17) is 0 Å². The van der Waals surface area contributed by atoms with Crippen LogP contribution in [0.1, 0.15) is 137 Å². The minimum Gasteiger partial charge on any atom is -0.392 e. The average molecular weight is 685 g/mol. The van der Waals surface area contributed by atoms with Crippen LogP contribution in [0.2, 0.25) is 0 Å². The molecule has 7 fully saturated rings. The Bertz CT molecular complexity index is 1590. The molecule has 7 saturated carbocycles. The number of ketones is 1. The SMILES string of the molecule is CC(C)C1=C2C[C@H]3CC[C@H]4CCC[C@@]4(C3)[C@@H]2C2=C3[C@H](CCC2)C[C@@H]([C@H]2CC[C@@]4(O)C5=CC(=O)[C@@H]6C[C@@H](O)[C@@H](O)C[C@]6(C)[C@H]5CC[C@]24C)[C@H](O)[C@@H]13. The third kappa shape index (κ3) is 4.03. The summed E-state index contributed by atoms with van der Waals surface area (Å²) in [4.78, 5) is 13.8. The Balaban J connectivity index is 1.03. The van der Waals surface area contributed by atoms with E-state index in [1.165, 1.54) is 64.2 Å². The van der Waals surface area contributed by atoms with Gasteiger partial charge in [0.05, 0.1) is 23.9 Å². The Morgan fingerprint density at radius 2 is 1.66 bits per heavy atom. The molecular formula is C45H64O5. The van der Waals surface area contributed by atoms with Gasteiger partial charge in [0.25, 0.3) is 0 Å². The van der Waals surface area contributed by atoms with Crippen LogP contribution in [0.4, 0.5) is 0 Å². The van der Waals surface area contributed by atoms with Gasteiger partial charge in [-0.2, -0.15) is 0 Å². The summed E-state index contributed by atoms with van der Waals surface area (Å²) < 4.78 is 0. The van der Waals surface area contributed by atoms with Crippen molar-refractivity contribution in [3.05, 3.63) is 33.9 Å². The molecule has 4 N–H and O–H groups in total. The van der Waals surface area contributed by atoms with Gasteiger partial charge in [-0.1, -0.05) is 56.4 Å². The fraction of sp³-hybridized carbons (Fsp3) is 0.844. The van der Waals surface area contributed by atoms with Crippen LogP contribution in [0.25, 0.3) is 0 Å². The normalized spacial score (nSPS) is 55.1. The van der Waals surface area contributed by atoms with Gasteiger partial charge in [0.1, 0.15) is 0 Å². The van der Waals surface area contributed by atoms with E-state index in [1.54, 1.807) is 28.4 Å². The molecule has 5 heteroatoms. The number of aliphatic hydroxyl groups excluding tert-OH is 3. The highest BCUT2D eigenvalue weighted by molar-refractivity contribution is 5.95. The van der Waals surface area contributed by atoms with Gasteiger partial charge >= 0.3 is 0 Å². The first-order valence-corrected chi connectivity index (χ1v) is 21.3. The van der Waals surface area contributed by atoms with Crippen molar-refractivity contribution in [3.63, 3.8) is 0 Å². The monoisotopic (exact) mass is 684 g/mol. The number of carbonyl (C=O) groups excluding carboxylic acids is 1. The molecule has 0 aromatic carbocycles. The first-order chi connectivity index (χ1) is 23.8. The third-order valence-electron chi connectivity index (χ3n) is 18.9. The van der Waals surface area contributed by atoms with Crippen molar-refractivity contribution in [2.24, 2.45) is 75.4 Å². The highest BCUT2D eigenvalue weighted by atomic mass is 16.3. The van der Waals surface area contributed by atoms with E-state index in [-0.39, 0.29) is 35.4 Å². The molecule has 16 atom stereocenters. The maximum atomic E-state index is 13.8. The number of hydrogen-bond acceptors (Lipinski definition) is 5. The molecule has 0 unspecified atom stereocenters. The maximum Gasteiger partial charge on any atom is 0.159 e. The van der Waals surface area contributed by atoms with Crippen molar-refractivity contribution in [1.82, 2.24) is 0 Å². The van der Waals surface area contributed by atoms with Crippen LogP contribution in [0.5, 0.6) is 0 Å². The Morgan fingerprint density at radius 3 is 2.46 bits per heavy atom. The van der Waals surface area contributed by atoms with Crippen molar-refractivity contribution in [2.75, 3.05) is 0 Å². The van der Waals surface area contributed by atoms with Gasteiger partial charge in [0, 0.05) is 23.2 Å². The summed E-state index contributed by atoms with van der Waals surface area (Å²) in [5.74, 6) is 3.59. The van der Waals surface area contributed by atoms with Gasteiger partial charge in [-0.15, -0.1) is 0 Å². The largest absolute Gasteiger partial charge is 0.392 e. The lowest BCUT2D eigenvalue weighted by molar-refractivity contribution is -0.156. The van der Waals surface area contributed by atoms with E-state index in [0.717, 1.165) is 43.1 Å². The molecular weight excluding hydrogens is 620 g/mol. The zero-order valence-corrected chi connectivity index (χ0v) is 31.3. The van der Waals surface area contributed by atoms with Crippen LogP contribution >= 0.6 is 0 Å². The number of aliphatic hydroxyl groups is 4. The summed E-state index contributed by atoms with van der Waals surface area (Å²) in [6, 6.07) is 0. The maximum absolute atomic E-state index is 13.8. The first kappa shape index (κ1) is 33.3. The summed E-state index contributed by atoms with van der Waals surface area (Å²) in [5.41, 5.74) is 6.38. The standard InChI is InChI=1S/C45H64O5/c1-23(2)37-29-17-24-10-11-26-8-6-14-44(26,21-24)40(29)27-9-5-7-25-18-28(41(49)39(37)38(25)27)30-13-16-45(50)32-19-34(46)33-20-35(47)36(48)22-42(33,3)31(32)12-15-43(30,45)4/h19,23-26,28,30-31,33,35-36,39-41,47-50H,5-18,20-22H2,1-4H3/t24-,25-,26-,28+,30-,31+,33+,35-,36+,39+,40-,41+,42-,43-,44+,45-/m1/s1. The zero-order chi connectivity index (χ0) is 34.7. The summed E-state index contributed by atoms with van der Waals surface area (Å²) >= 11 is 0. The second-order valence-corrected chi connectivity index (χ2v) is 20.8. The molecule has 2 bridgehead atoms. The summed E-state index contributed by atoms with van der Waals surface area (Å²) in [7, 11) is 0. The molecule has 0 aromatic heterocycles. The molecule has 10 aliphatic carbocycles. The van der Waals surface area contributed by atoms with E-state index < -0.39 is 34.7 Å². The van der Waals surface area contributed by atoms with Gasteiger partial charge < -0.3 is 20.4 Å². The average Bonchev–Trinajstić information content (AvgIpc) is 3.61. The van der Waals surface area contributed by atoms with E-state index in [0.29, 0.717) is 42.4 Å². The molecule has 0 radical (unpaired) electrons. The summed E-state index contributed by atoms with van der Waals surface area (Å²) in [5, 5.41) is 47.4. The van der Waals surface area contributed by atoms with Gasteiger partial charge in [0.2, 0.25) is 0 Å². The van der Waals surface area contributed by atoms with Crippen LogP contribution in [0.3, 0.4) is 0 Å². The zero-order valence-electron chi connectivity index (χ0n) is 31.3. The topological polar surface area (TPSA) is 98.0 Å². The second kappa shape index (κ2) is 10.9. The van der Waals surface area contributed by atoms with Gasteiger partial charge in [-0.25, -0.2) is 0 Å². The fourth-order valence-electron chi connectivity index (χ4n) is 17.0. The quantitative estimate of drug-likeness (QED) is 0.222. The fourth-order valence-corrected chi connectivity index (χ4v) is 17.0. The van der Waals surface area contributed by atoms with Crippen molar-refractivity contribution in [1.29, 1.82) is 0 Å². The Labute approximate surface area is 300 Å². The first-order valence-electron chi connectivity index (χ1n) is 21.3. The molecule has 0 aliphatic heterocycles. The van der Waals surface area contributed by atoms with Crippen molar-refractivity contribution in [2.45, 2.75) is 161 Å². The number of carbonyl (C=O) groups is 1. The Kier molecular flexibility index (Phi) is 7.27. The lowest BCUT2D eigenvalue weighted by Crippen LogP contribution is -2.61. The molecule has 274 valence electrons. The number of allylic oxidation sites excluding steroid dienone is 3. The van der Waals surface area contributed by atoms with Crippen LogP contribution in [0, 0.1) is 75.4 Å². The molecule has 5 nitrogen and oxygen atoms in total. The number of fused-ring (bicyclic) bond motifs is 8. The molecule has 0 amide bonds. The molecule has 0 saturated heterocycles. The minimum absolute atomic E-state index is 0.0271. The molecule has 10 rings (SSSR count). The summed E-state index contributed by atoms with van der Waals surface area (Å²) in [6.45, 7) is 9.30. The van der Waals surface area contributed by atoms with E-state index in [1.807, 2.05) is 0 Å². The Morgan fingerprint density at radius 1 is 0.840 bits per heavy atom. The predicted octanol–water partition coefficient (Wildman–Crippen LogP) is 7.86. The number of rotatable bonds is 2. The van der Waals surface area contributed by atoms with E-state index in [9.17, 15) is 25.2 Å². The molecule has 10 aliphatic rings. The van der Waals surface area contributed by atoms with Crippen LogP contribution in [-0.2, 0) is 4.79 Å². The summed E-state index contributed by atoms with van der Waals surface area (Å²) in [6.07, 6.45) is 18.3. The van der Waals surface area contributed by atoms with E-state index in [2.05, 4.69) is 27.7 Å². The van der Waals surface area contributed by atoms with Gasteiger partial charge in [-0.05, 0) is 167 Å². The van der Waals surface area contributed by atoms with Gasteiger partial charge in [-0.3, -0.25) is 4.79 Å². The van der Waals surface area contributed by atoms with Crippen molar-refractivity contribution < 1.29 is 25.2 Å². The Hall–Kier alpha value is -1.27. The van der Waals surface area contributed by atoms with Crippen molar-refractivity contribution >= 4 is 5.78 Å². The molecule has 0 heterocycles. The smallest absolute Gasteiger partial charge is 0.159 e. The highest BCUT2D eigenvalue weighted by Crippen LogP contribution is 2.73. The van der Waals surface area contributed by atoms with Crippen LogP contribution in [-0.4, -0.2) is 50.1 Å². The number of hydrogen-bond donors (Lipinski definition) is 4. The highest BCUT2D eigenvalue weighted by Gasteiger charge is 2.69. The van der Waals surface area contributed by atoms with Crippen LogP contribution in [0.15, 0.2) is 33.9 Å². The molecule has 50 heavy (non-hydrogen) atoms.